The van der Waals surface area contributed by atoms with Gasteiger partial charge in [0.15, 0.2) is 23.0 Å². The predicted molar refractivity (Wildman–Crippen MR) is 84.6 cm³/mol. The summed E-state index contributed by atoms with van der Waals surface area (Å²) in [5.41, 5.74) is 1.22. The highest BCUT2D eigenvalue weighted by Gasteiger charge is 2.21. The van der Waals surface area contributed by atoms with Crippen LogP contribution in [0.4, 0.5) is 4.79 Å². The van der Waals surface area contributed by atoms with Gasteiger partial charge >= 0.3 is 6.09 Å². The van der Waals surface area contributed by atoms with Gasteiger partial charge in [-0.3, -0.25) is 0 Å². The zero-order valence-corrected chi connectivity index (χ0v) is 12.9. The fourth-order valence-corrected chi connectivity index (χ4v) is 2.36. The Balaban J connectivity index is 2.02. The summed E-state index contributed by atoms with van der Waals surface area (Å²) in [5.74, 6) is 0.310. The van der Waals surface area contributed by atoms with Gasteiger partial charge in [0.2, 0.25) is 5.89 Å². The summed E-state index contributed by atoms with van der Waals surface area (Å²) in [6.45, 7) is 0. The average Bonchev–Trinajstić information content (AvgIpc) is 3.00. The van der Waals surface area contributed by atoms with Gasteiger partial charge in [-0.15, -0.1) is 0 Å². The molecule has 0 spiro atoms. The number of nitrogens with zero attached hydrogens (tertiary/aromatic N) is 1. The molecule has 0 saturated carbocycles. The Bertz CT molecular complexity index is 862. The van der Waals surface area contributed by atoms with Crippen molar-refractivity contribution < 1.29 is 19.1 Å². The summed E-state index contributed by atoms with van der Waals surface area (Å²) >= 11 is 6.08. The molecule has 2 aromatic carbocycles. The van der Waals surface area contributed by atoms with Crippen molar-refractivity contribution in [2.45, 2.75) is 6.10 Å². The molecule has 2 N–H and O–H groups in total. The summed E-state index contributed by atoms with van der Waals surface area (Å²) in [5, 5.41) is 13.2. The number of benzene rings is 2. The van der Waals surface area contributed by atoms with Crippen LogP contribution in [0.2, 0.25) is 5.02 Å². The van der Waals surface area contributed by atoms with Gasteiger partial charge in [0.05, 0.1) is 0 Å². The highest BCUT2D eigenvalue weighted by atomic mass is 35.5. The van der Waals surface area contributed by atoms with Gasteiger partial charge in [0.25, 0.3) is 0 Å². The smallest absolute Gasteiger partial charge is 0.412 e. The Morgan fingerprint density at radius 2 is 2.09 bits per heavy atom. The minimum Gasteiger partial charge on any atom is -0.437 e. The van der Waals surface area contributed by atoms with Crippen molar-refractivity contribution in [2.75, 3.05) is 7.05 Å². The monoisotopic (exact) mass is 332 g/mol. The van der Waals surface area contributed by atoms with E-state index in [0.717, 1.165) is 0 Å². The topological polar surface area (TPSA) is 84.6 Å². The van der Waals surface area contributed by atoms with Crippen molar-refractivity contribution in [2.24, 2.45) is 0 Å². The third-order valence-electron chi connectivity index (χ3n) is 3.24. The van der Waals surface area contributed by atoms with Crippen molar-refractivity contribution >= 4 is 28.8 Å². The second-order valence-corrected chi connectivity index (χ2v) is 5.13. The molecule has 23 heavy (non-hydrogen) atoms. The number of carbonyl (C=O) groups excluding carboxylic acids is 1. The highest BCUT2D eigenvalue weighted by Crippen LogP contribution is 2.32. The number of aromatic nitrogens is 1. The van der Waals surface area contributed by atoms with Crippen LogP contribution in [0.3, 0.4) is 0 Å². The summed E-state index contributed by atoms with van der Waals surface area (Å²) in [7, 11) is 1.46. The van der Waals surface area contributed by atoms with Crippen LogP contribution >= 0.6 is 11.6 Å². The van der Waals surface area contributed by atoms with E-state index in [-0.39, 0.29) is 11.6 Å². The van der Waals surface area contributed by atoms with Crippen molar-refractivity contribution in [1.82, 2.24) is 10.3 Å². The molecule has 0 radical (unpaired) electrons. The highest BCUT2D eigenvalue weighted by molar-refractivity contribution is 6.31. The van der Waals surface area contributed by atoms with Gasteiger partial charge in [-0.1, -0.05) is 35.9 Å². The molecule has 7 heteroatoms. The van der Waals surface area contributed by atoms with Crippen LogP contribution in [0.25, 0.3) is 11.1 Å². The molecule has 1 unspecified atom stereocenters. The largest absolute Gasteiger partial charge is 0.437 e. The number of hydrogen-bond donors (Lipinski definition) is 2. The van der Waals surface area contributed by atoms with Crippen molar-refractivity contribution in [3.8, 4) is 5.75 Å². The lowest BCUT2D eigenvalue weighted by Crippen LogP contribution is -2.22. The van der Waals surface area contributed by atoms with E-state index < -0.39 is 12.2 Å². The van der Waals surface area contributed by atoms with Crippen LogP contribution in [-0.2, 0) is 0 Å². The quantitative estimate of drug-likeness (QED) is 0.769. The summed E-state index contributed by atoms with van der Waals surface area (Å²) in [4.78, 5) is 15.6. The summed E-state index contributed by atoms with van der Waals surface area (Å²) in [6, 6.07) is 11.8. The first-order valence-corrected chi connectivity index (χ1v) is 7.19. The standard InChI is InChI=1S/C16H13ClN2O4/c1-18-16(21)23-12-8-4-7-11-13(12)19-15(22-11)14(20)9-5-2-3-6-10(9)17/h2-8,14,20H,1H3,(H,18,21). The summed E-state index contributed by atoms with van der Waals surface area (Å²) < 4.78 is 10.7. The van der Waals surface area contributed by atoms with Gasteiger partial charge in [0.1, 0.15) is 0 Å². The maximum Gasteiger partial charge on any atom is 0.412 e. The van der Waals surface area contributed by atoms with Crippen LogP contribution in [0.5, 0.6) is 5.75 Å². The van der Waals surface area contributed by atoms with Gasteiger partial charge in [-0.25, -0.2) is 9.78 Å². The minimum absolute atomic E-state index is 0.0704. The Morgan fingerprint density at radius 3 is 2.83 bits per heavy atom. The number of oxazole rings is 1. The predicted octanol–water partition coefficient (Wildman–Crippen LogP) is 3.28. The zero-order chi connectivity index (χ0) is 16.4. The number of rotatable bonds is 3. The molecule has 0 aliphatic carbocycles. The maximum absolute atomic E-state index is 11.4. The molecule has 0 bridgehead atoms. The third-order valence-corrected chi connectivity index (χ3v) is 3.58. The van der Waals surface area contributed by atoms with Gasteiger partial charge in [0, 0.05) is 17.6 Å². The maximum atomic E-state index is 11.4. The van der Waals surface area contributed by atoms with Crippen molar-refractivity contribution in [1.29, 1.82) is 0 Å². The molecule has 1 atom stereocenters. The van der Waals surface area contributed by atoms with Crippen LogP contribution in [-0.4, -0.2) is 23.2 Å². The van der Waals surface area contributed by atoms with Gasteiger partial charge < -0.3 is 19.6 Å². The number of halogens is 1. The van der Waals surface area contributed by atoms with Gasteiger partial charge in [-0.05, 0) is 18.2 Å². The minimum atomic E-state index is -1.12. The van der Waals surface area contributed by atoms with Gasteiger partial charge in [-0.2, -0.15) is 0 Å². The second-order valence-electron chi connectivity index (χ2n) is 4.72. The van der Waals surface area contributed by atoms with E-state index in [0.29, 0.717) is 21.7 Å². The first kappa shape index (κ1) is 15.3. The number of aliphatic hydroxyl groups excluding tert-OH is 1. The van der Waals surface area contributed by atoms with E-state index >= 15 is 0 Å². The van der Waals surface area contributed by atoms with E-state index in [1.165, 1.54) is 7.05 Å². The fraction of sp³-hybridized carbons (Fsp3) is 0.125. The van der Waals surface area contributed by atoms with Crippen LogP contribution in [0.15, 0.2) is 46.9 Å². The molecule has 3 aromatic rings. The van der Waals surface area contributed by atoms with E-state index in [4.69, 9.17) is 20.8 Å². The zero-order valence-electron chi connectivity index (χ0n) is 12.1. The molecule has 1 aromatic heterocycles. The second kappa shape index (κ2) is 6.28. The molecule has 118 valence electrons. The molecular weight excluding hydrogens is 320 g/mol. The lowest BCUT2D eigenvalue weighted by Gasteiger charge is -2.08. The van der Waals surface area contributed by atoms with E-state index in [9.17, 15) is 9.90 Å². The molecule has 1 amide bonds. The number of aliphatic hydroxyl groups is 1. The van der Waals surface area contributed by atoms with E-state index in [2.05, 4.69) is 10.3 Å². The first-order chi connectivity index (χ1) is 11.1. The van der Waals surface area contributed by atoms with E-state index in [1.807, 2.05) is 0 Å². The van der Waals surface area contributed by atoms with Crippen LogP contribution in [0, 0.1) is 0 Å². The van der Waals surface area contributed by atoms with Crippen molar-refractivity contribution in [3.63, 3.8) is 0 Å². The Morgan fingerprint density at radius 1 is 1.30 bits per heavy atom. The molecule has 0 aliphatic heterocycles. The molecule has 0 saturated heterocycles. The SMILES string of the molecule is CNC(=O)Oc1cccc2oc(C(O)c3ccccc3Cl)nc12. The lowest BCUT2D eigenvalue weighted by atomic mass is 10.1. The molecule has 3 rings (SSSR count). The number of fused-ring (bicyclic) bond motifs is 1. The molecule has 1 heterocycles. The number of hydrogen-bond acceptors (Lipinski definition) is 5. The normalized spacial score (nSPS) is 12.1. The number of para-hydroxylation sites is 1. The van der Waals surface area contributed by atoms with Crippen LogP contribution in [0.1, 0.15) is 17.6 Å². The number of amides is 1. The summed E-state index contributed by atoms with van der Waals surface area (Å²) in [6.07, 6.45) is -1.74. The number of carbonyl (C=O) groups is 1. The fourth-order valence-electron chi connectivity index (χ4n) is 2.12. The average molecular weight is 333 g/mol. The molecule has 0 aliphatic rings. The molecular formula is C16H13ClN2O4. The molecule has 6 nitrogen and oxygen atoms in total. The Labute approximate surface area is 136 Å². The number of nitrogens with one attached hydrogen (secondary N) is 1. The number of ether oxygens (including phenoxy) is 1. The molecule has 0 fully saturated rings. The third kappa shape index (κ3) is 2.99. The van der Waals surface area contributed by atoms with Crippen LogP contribution < -0.4 is 10.1 Å². The van der Waals surface area contributed by atoms with Crippen molar-refractivity contribution in [3.05, 3.63) is 58.9 Å². The Kier molecular flexibility index (Phi) is 4.18. The first-order valence-electron chi connectivity index (χ1n) is 6.81. The van der Waals surface area contributed by atoms with E-state index in [1.54, 1.807) is 42.5 Å². The Hall–Kier alpha value is -2.57. The lowest BCUT2D eigenvalue weighted by molar-refractivity contribution is 0.185.